The number of rotatable bonds is 4. The largest absolute Gasteiger partial charge is 0.312 e. The van der Waals surface area contributed by atoms with Gasteiger partial charge >= 0.3 is 0 Å². The first-order valence-electron chi connectivity index (χ1n) is 10.8. The molecule has 0 bridgehead atoms. The van der Waals surface area contributed by atoms with Crippen molar-refractivity contribution in [1.29, 1.82) is 0 Å². The molecule has 1 aromatic carbocycles. The molecular formula is C22H26N4O4. The number of amides is 4. The highest BCUT2D eigenvalue weighted by Gasteiger charge is 2.44. The molecule has 0 saturated carbocycles. The minimum Gasteiger partial charge on any atom is -0.312 e. The lowest BCUT2D eigenvalue weighted by atomic mass is 10.0. The Morgan fingerprint density at radius 2 is 1.80 bits per heavy atom. The van der Waals surface area contributed by atoms with E-state index in [1.165, 1.54) is 25.7 Å². The van der Waals surface area contributed by atoms with Crippen molar-refractivity contribution in [3.8, 4) is 0 Å². The van der Waals surface area contributed by atoms with E-state index in [1.807, 2.05) is 6.07 Å². The zero-order valence-electron chi connectivity index (χ0n) is 16.9. The second-order valence-electron chi connectivity index (χ2n) is 8.71. The third kappa shape index (κ3) is 3.24. The molecule has 4 heterocycles. The molecule has 3 fully saturated rings. The van der Waals surface area contributed by atoms with Gasteiger partial charge < -0.3 is 5.32 Å². The van der Waals surface area contributed by atoms with Gasteiger partial charge in [-0.2, -0.15) is 0 Å². The molecule has 0 aromatic heterocycles. The Morgan fingerprint density at radius 1 is 0.967 bits per heavy atom. The highest BCUT2D eigenvalue weighted by atomic mass is 16.2. The molecule has 4 aliphatic rings. The maximum atomic E-state index is 13.0. The van der Waals surface area contributed by atoms with Crippen molar-refractivity contribution in [3.05, 3.63) is 34.9 Å². The summed E-state index contributed by atoms with van der Waals surface area (Å²) < 4.78 is 0. The number of fused-ring (bicyclic) bond motifs is 1. The number of carbonyl (C=O) groups excluding carboxylic acids is 4. The molecule has 0 radical (unpaired) electrons. The van der Waals surface area contributed by atoms with E-state index in [1.54, 1.807) is 12.1 Å². The van der Waals surface area contributed by atoms with Crippen LogP contribution in [-0.4, -0.2) is 64.6 Å². The van der Waals surface area contributed by atoms with E-state index < -0.39 is 23.8 Å². The summed E-state index contributed by atoms with van der Waals surface area (Å²) in [4.78, 5) is 53.0. The molecule has 30 heavy (non-hydrogen) atoms. The first-order valence-corrected chi connectivity index (χ1v) is 10.8. The van der Waals surface area contributed by atoms with Crippen LogP contribution in [0.25, 0.3) is 0 Å². The van der Waals surface area contributed by atoms with Crippen molar-refractivity contribution in [3.63, 3.8) is 0 Å². The summed E-state index contributed by atoms with van der Waals surface area (Å²) in [6, 6.07) is 5.55. The summed E-state index contributed by atoms with van der Waals surface area (Å²) in [5.41, 5.74) is 1.70. The van der Waals surface area contributed by atoms with E-state index in [0.29, 0.717) is 23.2 Å². The predicted octanol–water partition coefficient (Wildman–Crippen LogP) is 0.804. The lowest BCUT2D eigenvalue weighted by Gasteiger charge is -2.29. The van der Waals surface area contributed by atoms with Crippen molar-refractivity contribution in [1.82, 2.24) is 20.4 Å². The van der Waals surface area contributed by atoms with Gasteiger partial charge in [-0.25, -0.2) is 0 Å². The molecule has 158 valence electrons. The van der Waals surface area contributed by atoms with Crippen molar-refractivity contribution in [2.45, 2.75) is 63.2 Å². The Bertz CT molecular complexity index is 924. The van der Waals surface area contributed by atoms with Gasteiger partial charge in [0.2, 0.25) is 11.8 Å². The van der Waals surface area contributed by atoms with Crippen molar-refractivity contribution >= 4 is 23.6 Å². The number of imide groups is 2. The zero-order chi connectivity index (χ0) is 20.8. The summed E-state index contributed by atoms with van der Waals surface area (Å²) in [6.07, 6.45) is 5.09. The van der Waals surface area contributed by atoms with Gasteiger partial charge in [-0.15, -0.1) is 0 Å². The number of hydrogen-bond acceptors (Lipinski definition) is 6. The van der Waals surface area contributed by atoms with Gasteiger partial charge in [-0.05, 0) is 62.9 Å². The van der Waals surface area contributed by atoms with Crippen LogP contribution >= 0.6 is 0 Å². The molecule has 8 nitrogen and oxygen atoms in total. The number of carbonyl (C=O) groups is 4. The monoisotopic (exact) mass is 410 g/mol. The molecule has 3 unspecified atom stereocenters. The van der Waals surface area contributed by atoms with Gasteiger partial charge in [0, 0.05) is 25.0 Å². The van der Waals surface area contributed by atoms with Gasteiger partial charge in [0.05, 0.1) is 11.1 Å². The molecule has 3 saturated heterocycles. The maximum absolute atomic E-state index is 13.0. The van der Waals surface area contributed by atoms with E-state index in [4.69, 9.17) is 0 Å². The number of piperidine rings is 1. The topological polar surface area (TPSA) is 98.8 Å². The number of benzene rings is 1. The summed E-state index contributed by atoms with van der Waals surface area (Å²) in [5.74, 6) is -1.84. The van der Waals surface area contributed by atoms with Crippen LogP contribution in [0.5, 0.6) is 0 Å². The maximum Gasteiger partial charge on any atom is 0.262 e. The summed E-state index contributed by atoms with van der Waals surface area (Å²) in [6.45, 7) is 2.87. The van der Waals surface area contributed by atoms with Crippen molar-refractivity contribution in [2.24, 2.45) is 0 Å². The second kappa shape index (κ2) is 7.59. The standard InChI is InChI=1S/C22H26N4O4/c27-19-8-7-18(20(28)24-19)26-21(29)14-6-5-13(11-15(14)22(26)30)12-25-10-2-4-17(25)16-3-1-9-23-16/h5-6,11,16-18,23H,1-4,7-10,12H2,(H,24,27,28). The Balaban J connectivity index is 1.35. The molecule has 3 atom stereocenters. The average Bonchev–Trinajstić information content (AvgIpc) is 3.45. The van der Waals surface area contributed by atoms with E-state index in [0.717, 1.165) is 30.1 Å². The number of nitrogens with one attached hydrogen (secondary N) is 2. The van der Waals surface area contributed by atoms with E-state index in [-0.39, 0.29) is 18.7 Å². The van der Waals surface area contributed by atoms with Crippen LogP contribution in [0.1, 0.15) is 64.8 Å². The Morgan fingerprint density at radius 3 is 2.57 bits per heavy atom. The van der Waals surface area contributed by atoms with E-state index in [2.05, 4.69) is 15.5 Å². The molecule has 4 amide bonds. The molecular weight excluding hydrogens is 384 g/mol. The first-order chi connectivity index (χ1) is 14.5. The third-order valence-electron chi connectivity index (χ3n) is 6.87. The molecule has 2 N–H and O–H groups in total. The van der Waals surface area contributed by atoms with Gasteiger partial charge in [-0.3, -0.25) is 34.3 Å². The fourth-order valence-corrected chi connectivity index (χ4v) is 5.39. The molecule has 4 aliphatic heterocycles. The van der Waals surface area contributed by atoms with Crippen molar-refractivity contribution < 1.29 is 19.2 Å². The SMILES string of the molecule is O=C1CCC(N2C(=O)c3ccc(CN4CCCC4C4CCCN4)cc3C2=O)C(=O)N1. The predicted molar refractivity (Wildman–Crippen MR) is 108 cm³/mol. The van der Waals surface area contributed by atoms with Gasteiger partial charge in [0.1, 0.15) is 6.04 Å². The van der Waals surface area contributed by atoms with E-state index in [9.17, 15) is 19.2 Å². The van der Waals surface area contributed by atoms with Gasteiger partial charge in [0.15, 0.2) is 0 Å². The zero-order valence-corrected chi connectivity index (χ0v) is 16.9. The lowest BCUT2D eigenvalue weighted by molar-refractivity contribution is -0.136. The first kappa shape index (κ1) is 19.4. The van der Waals surface area contributed by atoms with Crippen LogP contribution in [-0.2, 0) is 16.1 Å². The summed E-state index contributed by atoms with van der Waals surface area (Å²) >= 11 is 0. The van der Waals surface area contributed by atoms with Gasteiger partial charge in [0.25, 0.3) is 11.8 Å². The summed E-state index contributed by atoms with van der Waals surface area (Å²) in [5, 5.41) is 5.84. The molecule has 5 rings (SSSR count). The quantitative estimate of drug-likeness (QED) is 0.713. The fourth-order valence-electron chi connectivity index (χ4n) is 5.39. The summed E-state index contributed by atoms with van der Waals surface area (Å²) in [7, 11) is 0. The van der Waals surface area contributed by atoms with Crippen LogP contribution in [0.2, 0.25) is 0 Å². The van der Waals surface area contributed by atoms with E-state index >= 15 is 0 Å². The molecule has 0 aliphatic carbocycles. The Labute approximate surface area is 175 Å². The fraction of sp³-hybridized carbons (Fsp3) is 0.545. The van der Waals surface area contributed by atoms with Crippen LogP contribution in [0.15, 0.2) is 18.2 Å². The van der Waals surface area contributed by atoms with Crippen LogP contribution in [0.4, 0.5) is 0 Å². The highest BCUT2D eigenvalue weighted by molar-refractivity contribution is 6.23. The Kier molecular flexibility index (Phi) is 4.91. The number of nitrogens with zero attached hydrogens (tertiary/aromatic N) is 2. The average molecular weight is 410 g/mol. The normalized spacial score (nSPS) is 29.6. The van der Waals surface area contributed by atoms with Crippen molar-refractivity contribution in [2.75, 3.05) is 13.1 Å². The minimum absolute atomic E-state index is 0.126. The number of likely N-dealkylation sites (tertiary alicyclic amines) is 1. The van der Waals surface area contributed by atoms with Crippen LogP contribution in [0.3, 0.4) is 0 Å². The van der Waals surface area contributed by atoms with Gasteiger partial charge in [-0.1, -0.05) is 6.07 Å². The number of hydrogen-bond donors (Lipinski definition) is 2. The molecule has 1 aromatic rings. The molecule has 8 heteroatoms. The lowest BCUT2D eigenvalue weighted by Crippen LogP contribution is -2.54. The minimum atomic E-state index is -0.921. The third-order valence-corrected chi connectivity index (χ3v) is 6.87. The van der Waals surface area contributed by atoms with Crippen LogP contribution in [0, 0.1) is 0 Å². The smallest absolute Gasteiger partial charge is 0.262 e. The second-order valence-corrected chi connectivity index (χ2v) is 8.71. The highest BCUT2D eigenvalue weighted by Crippen LogP contribution is 2.30. The van der Waals surface area contributed by atoms with Crippen LogP contribution < -0.4 is 10.6 Å². The molecule has 0 spiro atoms. The Hall–Kier alpha value is -2.58.